The van der Waals surface area contributed by atoms with E-state index >= 15 is 0 Å². The van der Waals surface area contributed by atoms with Gasteiger partial charge in [-0.1, -0.05) is 26.2 Å². The van der Waals surface area contributed by atoms with Crippen LogP contribution in [0.4, 0.5) is 5.69 Å². The molecule has 1 aromatic carbocycles. The SMILES string of the molecule is CCC1CCCCC1NC(=O)c1cc([N+](=O)[O-])ccc1I. The second-order valence-corrected chi connectivity index (χ2v) is 6.62. The summed E-state index contributed by atoms with van der Waals surface area (Å²) in [5.74, 6) is 0.313. The maximum atomic E-state index is 12.4. The Balaban J connectivity index is 2.16. The second kappa shape index (κ2) is 7.20. The van der Waals surface area contributed by atoms with Crippen LogP contribution in [0.25, 0.3) is 0 Å². The van der Waals surface area contributed by atoms with Gasteiger partial charge in [-0.15, -0.1) is 0 Å². The molecule has 5 nitrogen and oxygen atoms in total. The van der Waals surface area contributed by atoms with Crippen LogP contribution >= 0.6 is 22.6 Å². The molecule has 0 saturated heterocycles. The molecule has 1 N–H and O–H groups in total. The standard InChI is InChI=1S/C15H19IN2O3/c1-2-10-5-3-4-6-14(10)17-15(19)12-9-11(18(20)21)7-8-13(12)16/h7-10,14H,2-6H2,1H3,(H,17,19). The van der Waals surface area contributed by atoms with Crippen LogP contribution in [0.3, 0.4) is 0 Å². The number of nitrogens with one attached hydrogen (secondary N) is 1. The summed E-state index contributed by atoms with van der Waals surface area (Å²) in [6, 6.07) is 4.59. The van der Waals surface area contributed by atoms with E-state index in [0.29, 0.717) is 11.5 Å². The monoisotopic (exact) mass is 402 g/mol. The lowest BCUT2D eigenvalue weighted by Gasteiger charge is -2.31. The number of nitro benzene ring substituents is 1. The van der Waals surface area contributed by atoms with E-state index < -0.39 is 4.92 Å². The molecule has 114 valence electrons. The molecule has 6 heteroatoms. The normalized spacial score (nSPS) is 21.8. The molecule has 0 aliphatic heterocycles. The molecule has 0 heterocycles. The quantitative estimate of drug-likeness (QED) is 0.472. The van der Waals surface area contributed by atoms with Crippen molar-refractivity contribution < 1.29 is 9.72 Å². The van der Waals surface area contributed by atoms with Gasteiger partial charge < -0.3 is 5.32 Å². The van der Waals surface area contributed by atoms with Crippen molar-refractivity contribution in [2.75, 3.05) is 0 Å². The summed E-state index contributed by atoms with van der Waals surface area (Å²) in [6.45, 7) is 2.15. The Hall–Kier alpha value is -1.18. The maximum absolute atomic E-state index is 12.4. The lowest BCUT2D eigenvalue weighted by Crippen LogP contribution is -2.42. The van der Waals surface area contributed by atoms with Crippen molar-refractivity contribution in [3.05, 3.63) is 37.4 Å². The Morgan fingerprint density at radius 2 is 2.14 bits per heavy atom. The summed E-state index contributed by atoms with van der Waals surface area (Å²) < 4.78 is 0.736. The van der Waals surface area contributed by atoms with Gasteiger partial charge in [0.1, 0.15) is 0 Å². The largest absolute Gasteiger partial charge is 0.349 e. The molecule has 1 aliphatic rings. The van der Waals surface area contributed by atoms with Crippen molar-refractivity contribution >= 4 is 34.2 Å². The average Bonchev–Trinajstić information content (AvgIpc) is 2.47. The lowest BCUT2D eigenvalue weighted by molar-refractivity contribution is -0.384. The summed E-state index contributed by atoms with van der Waals surface area (Å²) in [4.78, 5) is 22.8. The molecule has 1 amide bonds. The van der Waals surface area contributed by atoms with Crippen LogP contribution in [0.5, 0.6) is 0 Å². The lowest BCUT2D eigenvalue weighted by atomic mass is 9.83. The molecule has 0 aromatic heterocycles. The minimum Gasteiger partial charge on any atom is -0.349 e. The molecule has 21 heavy (non-hydrogen) atoms. The van der Waals surface area contributed by atoms with Crippen molar-refractivity contribution in [3.8, 4) is 0 Å². The Morgan fingerprint density at radius 1 is 1.43 bits per heavy atom. The highest BCUT2D eigenvalue weighted by Crippen LogP contribution is 2.27. The number of hydrogen-bond acceptors (Lipinski definition) is 3. The van der Waals surface area contributed by atoms with Crippen LogP contribution in [0, 0.1) is 19.6 Å². The molecule has 1 fully saturated rings. The third-order valence-corrected chi connectivity index (χ3v) is 5.10. The molecule has 1 aliphatic carbocycles. The summed E-state index contributed by atoms with van der Waals surface area (Å²) in [5.41, 5.74) is 0.349. The fourth-order valence-corrected chi connectivity index (χ4v) is 3.51. The zero-order valence-electron chi connectivity index (χ0n) is 12.0. The smallest absolute Gasteiger partial charge is 0.270 e. The molecule has 2 unspecified atom stereocenters. The Bertz CT molecular complexity index is 548. The molecular weight excluding hydrogens is 383 g/mol. The van der Waals surface area contributed by atoms with E-state index in [1.807, 2.05) is 22.6 Å². The highest BCUT2D eigenvalue weighted by Gasteiger charge is 2.26. The van der Waals surface area contributed by atoms with Crippen LogP contribution in [0.15, 0.2) is 18.2 Å². The fraction of sp³-hybridized carbons (Fsp3) is 0.533. The molecule has 0 bridgehead atoms. The second-order valence-electron chi connectivity index (χ2n) is 5.45. The van der Waals surface area contributed by atoms with Gasteiger partial charge in [0.05, 0.1) is 10.5 Å². The average molecular weight is 402 g/mol. The van der Waals surface area contributed by atoms with Crippen LogP contribution in [0.2, 0.25) is 0 Å². The van der Waals surface area contributed by atoms with Gasteiger partial charge in [-0.25, -0.2) is 0 Å². The van der Waals surface area contributed by atoms with Gasteiger partial charge in [0.25, 0.3) is 11.6 Å². The Labute approximate surface area is 137 Å². The van der Waals surface area contributed by atoms with Gasteiger partial charge in [-0.2, -0.15) is 0 Å². The van der Waals surface area contributed by atoms with Crippen molar-refractivity contribution in [1.29, 1.82) is 0 Å². The van der Waals surface area contributed by atoms with Crippen molar-refractivity contribution in [1.82, 2.24) is 5.32 Å². The van der Waals surface area contributed by atoms with Gasteiger partial charge >= 0.3 is 0 Å². The summed E-state index contributed by atoms with van der Waals surface area (Å²) >= 11 is 2.04. The zero-order chi connectivity index (χ0) is 15.4. The first kappa shape index (κ1) is 16.2. The minimum absolute atomic E-state index is 0.0451. The molecule has 1 saturated carbocycles. The number of halogens is 1. The van der Waals surface area contributed by atoms with Gasteiger partial charge in [0, 0.05) is 21.7 Å². The van der Waals surface area contributed by atoms with E-state index in [1.54, 1.807) is 6.07 Å². The van der Waals surface area contributed by atoms with E-state index in [0.717, 1.165) is 29.3 Å². The van der Waals surface area contributed by atoms with E-state index in [1.165, 1.54) is 18.6 Å². The Kier molecular flexibility index (Phi) is 5.55. The van der Waals surface area contributed by atoms with Gasteiger partial charge in [0.15, 0.2) is 0 Å². The van der Waals surface area contributed by atoms with Gasteiger partial charge in [-0.05, 0) is 47.4 Å². The van der Waals surface area contributed by atoms with Crippen LogP contribution in [-0.2, 0) is 0 Å². The van der Waals surface area contributed by atoms with Gasteiger partial charge in [-0.3, -0.25) is 14.9 Å². The molecule has 2 atom stereocenters. The Morgan fingerprint density at radius 3 is 2.81 bits per heavy atom. The predicted molar refractivity (Wildman–Crippen MR) is 89.3 cm³/mol. The summed E-state index contributed by atoms with van der Waals surface area (Å²) in [7, 11) is 0. The van der Waals surface area contributed by atoms with Crippen molar-refractivity contribution in [2.45, 2.75) is 45.1 Å². The predicted octanol–water partition coefficient (Wildman–Crippen LogP) is 3.90. The highest BCUT2D eigenvalue weighted by atomic mass is 127. The number of nitro groups is 1. The molecule has 1 aromatic rings. The van der Waals surface area contributed by atoms with Crippen LogP contribution in [-0.4, -0.2) is 16.9 Å². The number of carbonyl (C=O) groups is 1. The van der Waals surface area contributed by atoms with Crippen molar-refractivity contribution in [3.63, 3.8) is 0 Å². The number of carbonyl (C=O) groups excluding carboxylic acids is 1. The van der Waals surface area contributed by atoms with E-state index in [4.69, 9.17) is 0 Å². The number of nitrogens with zero attached hydrogens (tertiary/aromatic N) is 1. The first-order valence-electron chi connectivity index (χ1n) is 7.27. The number of rotatable bonds is 4. The summed E-state index contributed by atoms with van der Waals surface area (Å²) in [6.07, 6.45) is 5.55. The number of hydrogen-bond donors (Lipinski definition) is 1. The first-order chi connectivity index (χ1) is 10.0. The summed E-state index contributed by atoms with van der Waals surface area (Å²) in [5, 5.41) is 13.9. The van der Waals surface area contributed by atoms with Gasteiger partial charge in [0.2, 0.25) is 0 Å². The van der Waals surface area contributed by atoms with E-state index in [2.05, 4.69) is 12.2 Å². The third kappa shape index (κ3) is 3.93. The van der Waals surface area contributed by atoms with Crippen LogP contribution in [0.1, 0.15) is 49.4 Å². The number of non-ortho nitro benzene ring substituents is 1. The molecule has 0 radical (unpaired) electrons. The van der Waals surface area contributed by atoms with E-state index in [9.17, 15) is 14.9 Å². The number of benzene rings is 1. The van der Waals surface area contributed by atoms with E-state index in [-0.39, 0.29) is 17.6 Å². The molecular formula is C15H19IN2O3. The van der Waals surface area contributed by atoms with Crippen molar-refractivity contribution in [2.24, 2.45) is 5.92 Å². The maximum Gasteiger partial charge on any atom is 0.270 e. The minimum atomic E-state index is -0.470. The van der Waals surface area contributed by atoms with Crippen LogP contribution < -0.4 is 5.32 Å². The third-order valence-electron chi connectivity index (χ3n) is 4.16. The molecule has 0 spiro atoms. The number of amides is 1. The fourth-order valence-electron chi connectivity index (χ4n) is 2.93. The topological polar surface area (TPSA) is 72.2 Å². The highest BCUT2D eigenvalue weighted by molar-refractivity contribution is 14.1. The molecule has 2 rings (SSSR count). The first-order valence-corrected chi connectivity index (χ1v) is 8.35. The zero-order valence-corrected chi connectivity index (χ0v) is 14.1.